The quantitative estimate of drug-likeness (QED) is 0.451. The minimum Gasteiger partial charge on any atom is -0.508 e. The fourth-order valence-electron chi connectivity index (χ4n) is 3.17. The lowest BCUT2D eigenvalue weighted by molar-refractivity contribution is 0.316. The van der Waals surface area contributed by atoms with Crippen molar-refractivity contribution in [1.82, 2.24) is 0 Å². The fraction of sp³-hybridized carbons (Fsp3) is 0.429. The molecule has 2 unspecified atom stereocenters. The number of phenols is 1. The number of aromatic hydroxyl groups is 1. The Morgan fingerprint density at radius 1 is 1.00 bits per heavy atom. The monoisotopic (exact) mass is 392 g/mol. The maximum absolute atomic E-state index is 10.7. The first kappa shape index (κ1) is 21.3. The van der Waals surface area contributed by atoms with Crippen LogP contribution in [-0.2, 0) is 10.1 Å². The van der Waals surface area contributed by atoms with Gasteiger partial charge in [-0.1, -0.05) is 38.1 Å². The molecular formula is C21H28O5S. The van der Waals surface area contributed by atoms with E-state index in [0.29, 0.717) is 17.6 Å². The smallest absolute Gasteiger partial charge is 0.264 e. The number of benzene rings is 2. The van der Waals surface area contributed by atoms with Gasteiger partial charge in [0.05, 0.1) is 12.4 Å². The van der Waals surface area contributed by atoms with Crippen molar-refractivity contribution in [2.75, 3.05) is 12.4 Å². The number of ether oxygens (including phenoxy) is 1. The van der Waals surface area contributed by atoms with Crippen LogP contribution in [0, 0.1) is 0 Å². The van der Waals surface area contributed by atoms with Gasteiger partial charge in [-0.05, 0) is 66.5 Å². The molecule has 0 saturated heterocycles. The van der Waals surface area contributed by atoms with Gasteiger partial charge in [0.2, 0.25) is 0 Å². The lowest BCUT2D eigenvalue weighted by atomic mass is 9.84. The molecule has 2 atom stereocenters. The van der Waals surface area contributed by atoms with Crippen molar-refractivity contribution < 1.29 is 22.8 Å². The second-order valence-electron chi connectivity index (χ2n) is 6.89. The van der Waals surface area contributed by atoms with E-state index in [-0.39, 0.29) is 24.5 Å². The minimum absolute atomic E-state index is 0.244. The van der Waals surface area contributed by atoms with E-state index in [2.05, 4.69) is 13.8 Å². The molecule has 5 nitrogen and oxygen atoms in total. The van der Waals surface area contributed by atoms with E-state index < -0.39 is 10.1 Å². The predicted octanol–water partition coefficient (Wildman–Crippen LogP) is 4.74. The molecule has 0 aromatic heterocycles. The normalized spacial score (nSPS) is 13.9. The van der Waals surface area contributed by atoms with Gasteiger partial charge in [0.1, 0.15) is 11.5 Å². The first-order valence-electron chi connectivity index (χ1n) is 9.25. The lowest BCUT2D eigenvalue weighted by Crippen LogP contribution is -2.08. The summed E-state index contributed by atoms with van der Waals surface area (Å²) in [7, 11) is -3.93. The Labute approximate surface area is 161 Å². The Morgan fingerprint density at radius 2 is 1.59 bits per heavy atom. The Morgan fingerprint density at radius 3 is 2.15 bits per heavy atom. The van der Waals surface area contributed by atoms with Gasteiger partial charge < -0.3 is 9.84 Å². The van der Waals surface area contributed by atoms with Crippen LogP contribution in [0.4, 0.5) is 0 Å². The number of hydrogen-bond donors (Lipinski definition) is 2. The SMILES string of the molecule is CCC(CC(C)c1ccc(OCCCS(=O)(=O)O)cc1)c1ccc(O)cc1. The molecular weight excluding hydrogens is 364 g/mol. The van der Waals surface area contributed by atoms with Gasteiger partial charge in [0.15, 0.2) is 0 Å². The molecule has 2 rings (SSSR count). The van der Waals surface area contributed by atoms with E-state index in [0.717, 1.165) is 12.8 Å². The van der Waals surface area contributed by atoms with E-state index in [1.807, 2.05) is 36.4 Å². The zero-order chi connectivity index (χ0) is 19.9. The third kappa shape index (κ3) is 7.23. The number of rotatable bonds is 10. The highest BCUT2D eigenvalue weighted by Gasteiger charge is 2.15. The van der Waals surface area contributed by atoms with Gasteiger partial charge in [-0.3, -0.25) is 4.55 Å². The van der Waals surface area contributed by atoms with Crippen molar-refractivity contribution in [2.45, 2.75) is 44.9 Å². The fourth-order valence-corrected chi connectivity index (χ4v) is 3.65. The van der Waals surface area contributed by atoms with Crippen LogP contribution in [0.2, 0.25) is 0 Å². The second kappa shape index (κ2) is 9.76. The number of phenolic OH excluding ortho intramolecular Hbond substituents is 1. The largest absolute Gasteiger partial charge is 0.508 e. The lowest BCUT2D eigenvalue weighted by Gasteiger charge is -2.21. The molecule has 0 saturated carbocycles. The summed E-state index contributed by atoms with van der Waals surface area (Å²) < 4.78 is 35.6. The van der Waals surface area contributed by atoms with Crippen LogP contribution < -0.4 is 4.74 Å². The average Bonchev–Trinajstić information content (AvgIpc) is 2.63. The summed E-state index contributed by atoms with van der Waals surface area (Å²) in [5, 5.41) is 9.46. The maximum Gasteiger partial charge on any atom is 0.264 e. The summed E-state index contributed by atoms with van der Waals surface area (Å²) in [6.45, 7) is 4.62. The summed E-state index contributed by atoms with van der Waals surface area (Å²) in [5.74, 6) is 1.48. The molecule has 0 aliphatic carbocycles. The van der Waals surface area contributed by atoms with E-state index >= 15 is 0 Å². The van der Waals surface area contributed by atoms with Gasteiger partial charge in [-0.25, -0.2) is 0 Å². The maximum atomic E-state index is 10.7. The Kier molecular flexibility index (Phi) is 7.68. The second-order valence-corrected chi connectivity index (χ2v) is 8.46. The van der Waals surface area contributed by atoms with Crippen molar-refractivity contribution >= 4 is 10.1 Å². The van der Waals surface area contributed by atoms with Crippen LogP contribution >= 0.6 is 0 Å². The van der Waals surface area contributed by atoms with Crippen LogP contribution in [0.3, 0.4) is 0 Å². The molecule has 0 amide bonds. The molecule has 148 valence electrons. The highest BCUT2D eigenvalue weighted by molar-refractivity contribution is 7.85. The van der Waals surface area contributed by atoms with E-state index in [1.165, 1.54) is 11.1 Å². The van der Waals surface area contributed by atoms with Crippen LogP contribution in [0.15, 0.2) is 48.5 Å². The zero-order valence-corrected chi connectivity index (χ0v) is 16.7. The van der Waals surface area contributed by atoms with E-state index in [4.69, 9.17) is 9.29 Å². The molecule has 0 fully saturated rings. The van der Waals surface area contributed by atoms with E-state index in [9.17, 15) is 13.5 Å². The topological polar surface area (TPSA) is 83.8 Å². The van der Waals surface area contributed by atoms with Gasteiger partial charge in [-0.15, -0.1) is 0 Å². The molecule has 0 aliphatic heterocycles. The molecule has 2 N–H and O–H groups in total. The van der Waals surface area contributed by atoms with Crippen molar-refractivity contribution in [1.29, 1.82) is 0 Å². The first-order valence-corrected chi connectivity index (χ1v) is 10.9. The van der Waals surface area contributed by atoms with Gasteiger partial charge >= 0.3 is 0 Å². The standard InChI is InChI=1S/C21H28O5S/c1-3-17(19-5-9-20(22)10-6-19)15-16(2)18-7-11-21(12-8-18)26-13-4-14-27(23,24)25/h5-12,16-17,22H,3-4,13-15H2,1-2H3,(H,23,24,25). The third-order valence-electron chi connectivity index (χ3n) is 4.76. The minimum atomic E-state index is -3.93. The predicted molar refractivity (Wildman–Crippen MR) is 107 cm³/mol. The highest BCUT2D eigenvalue weighted by Crippen LogP contribution is 2.33. The first-order chi connectivity index (χ1) is 12.8. The molecule has 2 aromatic rings. The van der Waals surface area contributed by atoms with Crippen LogP contribution in [-0.4, -0.2) is 30.4 Å². The number of hydrogen-bond acceptors (Lipinski definition) is 4. The van der Waals surface area contributed by atoms with Crippen molar-refractivity contribution in [3.63, 3.8) is 0 Å². The van der Waals surface area contributed by atoms with Gasteiger partial charge in [0, 0.05) is 0 Å². The molecule has 27 heavy (non-hydrogen) atoms. The molecule has 0 heterocycles. The van der Waals surface area contributed by atoms with Crippen LogP contribution in [0.5, 0.6) is 11.5 Å². The molecule has 6 heteroatoms. The average molecular weight is 393 g/mol. The Hall–Kier alpha value is -2.05. The van der Waals surface area contributed by atoms with Crippen molar-refractivity contribution in [2.24, 2.45) is 0 Å². The third-order valence-corrected chi connectivity index (χ3v) is 5.56. The highest BCUT2D eigenvalue weighted by atomic mass is 32.2. The summed E-state index contributed by atoms with van der Waals surface area (Å²) in [6, 6.07) is 15.3. The summed E-state index contributed by atoms with van der Waals surface area (Å²) in [6.07, 6.45) is 2.29. The summed E-state index contributed by atoms with van der Waals surface area (Å²) in [4.78, 5) is 0. The molecule has 0 radical (unpaired) electrons. The van der Waals surface area contributed by atoms with Gasteiger partial charge in [0.25, 0.3) is 10.1 Å². The molecule has 0 aliphatic rings. The summed E-state index contributed by atoms with van der Waals surface area (Å²) >= 11 is 0. The van der Waals surface area contributed by atoms with Gasteiger partial charge in [-0.2, -0.15) is 8.42 Å². The van der Waals surface area contributed by atoms with Crippen molar-refractivity contribution in [3.8, 4) is 11.5 Å². The Bertz CT molecular complexity index is 797. The molecule has 2 aromatic carbocycles. The molecule has 0 spiro atoms. The van der Waals surface area contributed by atoms with Crippen molar-refractivity contribution in [3.05, 3.63) is 59.7 Å². The van der Waals surface area contributed by atoms with Crippen LogP contribution in [0.25, 0.3) is 0 Å². The Balaban J connectivity index is 1.90. The zero-order valence-electron chi connectivity index (χ0n) is 15.8. The van der Waals surface area contributed by atoms with Crippen LogP contribution in [0.1, 0.15) is 56.1 Å². The van der Waals surface area contributed by atoms with E-state index in [1.54, 1.807) is 12.1 Å². The summed E-state index contributed by atoms with van der Waals surface area (Å²) in [5.41, 5.74) is 2.46. The molecule has 0 bridgehead atoms.